The van der Waals surface area contributed by atoms with Gasteiger partial charge in [-0.2, -0.15) is 5.10 Å². The van der Waals surface area contributed by atoms with Crippen molar-refractivity contribution in [1.29, 1.82) is 0 Å². The Balaban J connectivity index is 2.35. The third-order valence-corrected chi connectivity index (χ3v) is 3.02. The van der Waals surface area contributed by atoms with E-state index in [1.54, 1.807) is 24.3 Å². The predicted molar refractivity (Wildman–Crippen MR) is 74.2 cm³/mol. The Morgan fingerprint density at radius 2 is 1.90 bits per heavy atom. The summed E-state index contributed by atoms with van der Waals surface area (Å²) < 4.78 is 1.27. The summed E-state index contributed by atoms with van der Waals surface area (Å²) in [5.74, 6) is -0.862. The number of nitrogens with two attached hydrogens (primary N) is 2. The monoisotopic (exact) mass is 269 g/mol. The molecule has 20 heavy (non-hydrogen) atoms. The van der Waals surface area contributed by atoms with Gasteiger partial charge in [0.2, 0.25) is 0 Å². The van der Waals surface area contributed by atoms with E-state index < -0.39 is 5.97 Å². The number of benzene rings is 1. The fourth-order valence-electron chi connectivity index (χ4n) is 2.10. The topological polar surface area (TPSA) is 120 Å². The van der Waals surface area contributed by atoms with E-state index in [9.17, 15) is 9.90 Å². The molecule has 2 heterocycles. The third-order valence-electron chi connectivity index (χ3n) is 3.02. The van der Waals surface area contributed by atoms with Crippen LogP contribution in [-0.4, -0.2) is 25.7 Å². The maximum atomic E-state index is 11.3. The highest BCUT2D eigenvalue weighted by atomic mass is 16.4. The zero-order valence-electron chi connectivity index (χ0n) is 10.3. The Morgan fingerprint density at radius 1 is 1.20 bits per heavy atom. The lowest BCUT2D eigenvalue weighted by Gasteiger charge is -2.03. The molecule has 0 aliphatic rings. The summed E-state index contributed by atoms with van der Waals surface area (Å²) >= 11 is 0. The number of carboxylic acids is 1. The number of hydrogen-bond donors (Lipinski definition) is 3. The molecule has 3 aromatic rings. The molecule has 0 saturated heterocycles. The molecule has 0 radical (unpaired) electrons. The molecule has 2 aromatic heterocycles. The lowest BCUT2D eigenvalue weighted by molar-refractivity contribution is 0.0688. The van der Waals surface area contributed by atoms with Gasteiger partial charge >= 0.3 is 5.97 Å². The van der Waals surface area contributed by atoms with E-state index in [0.29, 0.717) is 16.8 Å². The summed E-state index contributed by atoms with van der Waals surface area (Å²) in [4.78, 5) is 15.2. The van der Waals surface area contributed by atoms with Crippen LogP contribution in [0.3, 0.4) is 0 Å². The molecule has 0 bridgehead atoms. The van der Waals surface area contributed by atoms with Crippen molar-refractivity contribution in [2.24, 2.45) is 0 Å². The summed E-state index contributed by atoms with van der Waals surface area (Å²) in [6.07, 6.45) is 1.22. The van der Waals surface area contributed by atoms with Crippen LogP contribution in [0.4, 0.5) is 11.5 Å². The zero-order valence-corrected chi connectivity index (χ0v) is 10.3. The second-order valence-electron chi connectivity index (χ2n) is 4.28. The summed E-state index contributed by atoms with van der Waals surface area (Å²) in [6.45, 7) is 0. The van der Waals surface area contributed by atoms with Crippen molar-refractivity contribution in [3.63, 3.8) is 0 Å². The first-order valence-corrected chi connectivity index (χ1v) is 5.79. The van der Waals surface area contributed by atoms with Crippen molar-refractivity contribution in [3.8, 4) is 11.1 Å². The van der Waals surface area contributed by atoms with Crippen molar-refractivity contribution >= 4 is 23.0 Å². The van der Waals surface area contributed by atoms with Gasteiger partial charge in [-0.25, -0.2) is 14.3 Å². The molecule has 0 fully saturated rings. The van der Waals surface area contributed by atoms with Crippen LogP contribution >= 0.6 is 0 Å². The average Bonchev–Trinajstić information content (AvgIpc) is 2.81. The second kappa shape index (κ2) is 4.23. The van der Waals surface area contributed by atoms with Crippen LogP contribution in [0.15, 0.2) is 36.7 Å². The van der Waals surface area contributed by atoms with Crippen LogP contribution in [-0.2, 0) is 0 Å². The Bertz CT molecular complexity index is 807. The molecule has 0 atom stereocenters. The fourth-order valence-corrected chi connectivity index (χ4v) is 2.10. The van der Waals surface area contributed by atoms with Gasteiger partial charge in [-0.3, -0.25) is 0 Å². The highest BCUT2D eigenvalue weighted by Crippen LogP contribution is 2.30. The minimum Gasteiger partial charge on any atom is -0.477 e. The van der Waals surface area contributed by atoms with E-state index in [1.807, 2.05) is 0 Å². The molecular formula is C13H11N5O2. The van der Waals surface area contributed by atoms with Crippen LogP contribution in [0, 0.1) is 0 Å². The fraction of sp³-hybridized carbons (Fsp3) is 0. The number of nitrogen functional groups attached to an aromatic ring is 2. The zero-order chi connectivity index (χ0) is 14.3. The first-order chi connectivity index (χ1) is 9.58. The molecular weight excluding hydrogens is 258 g/mol. The van der Waals surface area contributed by atoms with Crippen molar-refractivity contribution in [1.82, 2.24) is 14.6 Å². The van der Waals surface area contributed by atoms with Gasteiger partial charge in [-0.15, -0.1) is 0 Å². The van der Waals surface area contributed by atoms with E-state index in [0.717, 1.165) is 5.56 Å². The standard InChI is InChI=1S/C13H11N5O2/c14-8-3-1-7(2-4-8)9-5-10(13(19)20)18-11(9)12(15)16-6-17-18/h1-6H,14H2,(H,19,20)(H2,15,16,17). The molecule has 0 aliphatic heterocycles. The van der Waals surface area contributed by atoms with Crippen LogP contribution in [0.2, 0.25) is 0 Å². The second-order valence-corrected chi connectivity index (χ2v) is 4.28. The average molecular weight is 269 g/mol. The number of hydrogen-bond acceptors (Lipinski definition) is 5. The van der Waals surface area contributed by atoms with Crippen molar-refractivity contribution < 1.29 is 9.90 Å². The number of aromatic nitrogens is 3. The first-order valence-electron chi connectivity index (χ1n) is 5.79. The van der Waals surface area contributed by atoms with Crippen molar-refractivity contribution in [3.05, 3.63) is 42.4 Å². The van der Waals surface area contributed by atoms with Gasteiger partial charge in [0.05, 0.1) is 0 Å². The van der Waals surface area contributed by atoms with Crippen LogP contribution in [0.5, 0.6) is 0 Å². The lowest BCUT2D eigenvalue weighted by Crippen LogP contribution is -2.06. The number of anilines is 2. The number of rotatable bonds is 2. The van der Waals surface area contributed by atoms with Crippen LogP contribution in [0.1, 0.15) is 10.5 Å². The Morgan fingerprint density at radius 3 is 2.55 bits per heavy atom. The van der Waals surface area contributed by atoms with Gasteiger partial charge in [0.1, 0.15) is 11.8 Å². The van der Waals surface area contributed by atoms with Gasteiger partial charge in [0.15, 0.2) is 11.5 Å². The van der Waals surface area contributed by atoms with E-state index in [4.69, 9.17) is 11.5 Å². The number of nitrogens with zero attached hydrogens (tertiary/aromatic N) is 3. The minimum absolute atomic E-state index is 0.0286. The summed E-state index contributed by atoms with van der Waals surface area (Å²) in [5, 5.41) is 13.2. The number of fused-ring (bicyclic) bond motifs is 1. The Hall–Kier alpha value is -3.09. The largest absolute Gasteiger partial charge is 0.477 e. The van der Waals surface area contributed by atoms with Crippen LogP contribution in [0.25, 0.3) is 16.6 Å². The van der Waals surface area contributed by atoms with Crippen LogP contribution < -0.4 is 11.5 Å². The van der Waals surface area contributed by atoms with Crippen molar-refractivity contribution in [2.75, 3.05) is 11.5 Å². The maximum absolute atomic E-state index is 11.3. The molecule has 0 unspecified atom stereocenters. The van der Waals surface area contributed by atoms with Gasteiger partial charge in [-0.05, 0) is 23.8 Å². The Kier molecular flexibility index (Phi) is 2.53. The molecule has 5 N–H and O–H groups in total. The highest BCUT2D eigenvalue weighted by molar-refractivity contribution is 5.96. The molecule has 100 valence electrons. The van der Waals surface area contributed by atoms with E-state index in [2.05, 4.69) is 10.1 Å². The Labute approximate surface area is 113 Å². The van der Waals surface area contributed by atoms with Gasteiger partial charge in [0, 0.05) is 11.3 Å². The van der Waals surface area contributed by atoms with E-state index >= 15 is 0 Å². The molecule has 7 nitrogen and oxygen atoms in total. The molecule has 1 aromatic carbocycles. The third kappa shape index (κ3) is 1.72. The van der Waals surface area contributed by atoms with Gasteiger partial charge in [0.25, 0.3) is 0 Å². The van der Waals surface area contributed by atoms with Crippen molar-refractivity contribution in [2.45, 2.75) is 0 Å². The van der Waals surface area contributed by atoms with E-state index in [1.165, 1.54) is 16.9 Å². The van der Waals surface area contributed by atoms with Gasteiger partial charge < -0.3 is 16.6 Å². The normalized spacial score (nSPS) is 10.8. The molecule has 0 spiro atoms. The molecule has 3 rings (SSSR count). The summed E-state index contributed by atoms with van der Waals surface area (Å²) in [7, 11) is 0. The predicted octanol–water partition coefficient (Wildman–Crippen LogP) is 1.26. The van der Waals surface area contributed by atoms with E-state index in [-0.39, 0.29) is 11.5 Å². The SMILES string of the molecule is Nc1ccc(-c2cc(C(=O)O)n3ncnc(N)c23)cc1. The molecule has 0 amide bonds. The number of carbonyl (C=O) groups is 1. The molecule has 0 saturated carbocycles. The van der Waals surface area contributed by atoms with Gasteiger partial charge in [-0.1, -0.05) is 12.1 Å². The maximum Gasteiger partial charge on any atom is 0.354 e. The summed E-state index contributed by atoms with van der Waals surface area (Å²) in [6, 6.07) is 8.58. The quantitative estimate of drug-likeness (QED) is 0.602. The first kappa shape index (κ1) is 12.0. The lowest BCUT2D eigenvalue weighted by atomic mass is 10.1. The summed E-state index contributed by atoms with van der Waals surface area (Å²) in [5.41, 5.74) is 14.1. The highest BCUT2D eigenvalue weighted by Gasteiger charge is 2.18. The molecule has 7 heteroatoms. The molecule has 0 aliphatic carbocycles. The number of aromatic carboxylic acids is 1. The smallest absolute Gasteiger partial charge is 0.354 e. The number of carboxylic acid groups (broad SMARTS) is 1. The minimum atomic E-state index is -1.08.